The minimum absolute atomic E-state index is 0.327. The summed E-state index contributed by atoms with van der Waals surface area (Å²) in [6.07, 6.45) is 5.57. The minimum atomic E-state index is 0.327. The maximum atomic E-state index is 6.13. The Morgan fingerprint density at radius 2 is 2.62 bits per heavy atom. The highest BCUT2D eigenvalue weighted by Crippen LogP contribution is 2.29. The van der Waals surface area contributed by atoms with Gasteiger partial charge in [-0.05, 0) is 25.0 Å². The number of aromatic nitrogens is 1. The largest absolute Gasteiger partial charge is 0.326 e. The van der Waals surface area contributed by atoms with E-state index in [1.54, 1.807) is 11.3 Å². The van der Waals surface area contributed by atoms with Crippen molar-refractivity contribution >= 4 is 23.1 Å². The van der Waals surface area contributed by atoms with Gasteiger partial charge in [-0.2, -0.15) is 11.8 Å². The molecular formula is C9H14N2S2. The number of nitrogens with two attached hydrogens (primary N) is 1. The standard InChI is InChI=1S/C9H14N2S2/c10-8(9-2-1-3-12-9)4-7-5-11-6-13-7/h5-6,8-9H,1-4,10H2. The SMILES string of the molecule is NC(Cc1cncs1)C1CCCS1. The third-order valence-electron chi connectivity index (χ3n) is 2.36. The Balaban J connectivity index is 1.87. The first-order valence-corrected chi connectivity index (χ1v) is 6.53. The quantitative estimate of drug-likeness (QED) is 0.835. The first kappa shape index (κ1) is 9.49. The third kappa shape index (κ3) is 2.45. The van der Waals surface area contributed by atoms with Crippen LogP contribution in [0.2, 0.25) is 0 Å². The topological polar surface area (TPSA) is 38.9 Å². The number of thiazole rings is 1. The second-order valence-corrected chi connectivity index (χ2v) is 5.71. The van der Waals surface area contributed by atoms with Gasteiger partial charge in [0.05, 0.1) is 5.51 Å². The second kappa shape index (κ2) is 4.44. The molecule has 2 rings (SSSR count). The fourth-order valence-electron chi connectivity index (χ4n) is 1.65. The van der Waals surface area contributed by atoms with Crippen LogP contribution in [0.1, 0.15) is 17.7 Å². The lowest BCUT2D eigenvalue weighted by Crippen LogP contribution is -2.32. The highest BCUT2D eigenvalue weighted by atomic mass is 32.2. The fraction of sp³-hybridized carbons (Fsp3) is 0.667. The second-order valence-electron chi connectivity index (χ2n) is 3.39. The predicted octanol–water partition coefficient (Wildman–Crippen LogP) is 1.91. The van der Waals surface area contributed by atoms with E-state index in [1.165, 1.54) is 23.5 Å². The van der Waals surface area contributed by atoms with Gasteiger partial charge in [-0.3, -0.25) is 4.98 Å². The fourth-order valence-corrected chi connectivity index (χ4v) is 3.63. The lowest BCUT2D eigenvalue weighted by atomic mass is 10.1. The monoisotopic (exact) mass is 214 g/mol. The smallest absolute Gasteiger partial charge is 0.0794 e. The molecule has 0 aliphatic carbocycles. The summed E-state index contributed by atoms with van der Waals surface area (Å²) in [6.45, 7) is 0. The minimum Gasteiger partial charge on any atom is -0.326 e. The average Bonchev–Trinajstić information content (AvgIpc) is 2.74. The van der Waals surface area contributed by atoms with Crippen LogP contribution in [-0.2, 0) is 6.42 Å². The zero-order valence-electron chi connectivity index (χ0n) is 7.48. The highest BCUT2D eigenvalue weighted by molar-refractivity contribution is 8.00. The summed E-state index contributed by atoms with van der Waals surface area (Å²) in [4.78, 5) is 5.38. The number of hydrogen-bond acceptors (Lipinski definition) is 4. The summed E-state index contributed by atoms with van der Waals surface area (Å²) < 4.78 is 0. The molecule has 0 saturated carbocycles. The molecule has 13 heavy (non-hydrogen) atoms. The lowest BCUT2D eigenvalue weighted by Gasteiger charge is -2.16. The van der Waals surface area contributed by atoms with E-state index in [9.17, 15) is 0 Å². The van der Waals surface area contributed by atoms with Crippen molar-refractivity contribution in [2.45, 2.75) is 30.6 Å². The van der Waals surface area contributed by atoms with Gasteiger partial charge in [0.2, 0.25) is 0 Å². The Bertz CT molecular complexity index is 242. The van der Waals surface area contributed by atoms with E-state index < -0.39 is 0 Å². The van der Waals surface area contributed by atoms with Crippen molar-refractivity contribution in [2.75, 3.05) is 5.75 Å². The van der Waals surface area contributed by atoms with Gasteiger partial charge in [-0.25, -0.2) is 0 Å². The molecule has 1 aromatic rings. The Labute approximate surface area is 86.9 Å². The van der Waals surface area contributed by atoms with Gasteiger partial charge in [-0.15, -0.1) is 11.3 Å². The van der Waals surface area contributed by atoms with E-state index in [-0.39, 0.29) is 0 Å². The molecule has 72 valence electrons. The summed E-state index contributed by atoms with van der Waals surface area (Å²) >= 11 is 3.74. The summed E-state index contributed by atoms with van der Waals surface area (Å²) in [5, 5.41) is 0.682. The van der Waals surface area contributed by atoms with Gasteiger partial charge in [0, 0.05) is 22.4 Å². The molecule has 0 bridgehead atoms. The lowest BCUT2D eigenvalue weighted by molar-refractivity contribution is 0.612. The Morgan fingerprint density at radius 3 is 3.23 bits per heavy atom. The van der Waals surface area contributed by atoms with Crippen LogP contribution < -0.4 is 5.73 Å². The molecule has 1 aromatic heterocycles. The molecule has 1 fully saturated rings. The van der Waals surface area contributed by atoms with Gasteiger partial charge < -0.3 is 5.73 Å². The predicted molar refractivity (Wildman–Crippen MR) is 59.3 cm³/mol. The molecule has 2 heterocycles. The Morgan fingerprint density at radius 1 is 1.69 bits per heavy atom. The Hall–Kier alpha value is -0.0600. The zero-order chi connectivity index (χ0) is 9.10. The summed E-state index contributed by atoms with van der Waals surface area (Å²) in [5.41, 5.74) is 8.01. The highest BCUT2D eigenvalue weighted by Gasteiger charge is 2.22. The number of hydrogen-bond donors (Lipinski definition) is 1. The molecule has 0 aromatic carbocycles. The average molecular weight is 214 g/mol. The van der Waals surface area contributed by atoms with Crippen molar-refractivity contribution in [3.05, 3.63) is 16.6 Å². The molecule has 0 spiro atoms. The first-order chi connectivity index (χ1) is 6.36. The van der Waals surface area contributed by atoms with Crippen LogP contribution in [0.15, 0.2) is 11.7 Å². The van der Waals surface area contributed by atoms with E-state index in [2.05, 4.69) is 4.98 Å². The molecule has 4 heteroatoms. The molecule has 1 aliphatic heterocycles. The van der Waals surface area contributed by atoms with Gasteiger partial charge in [0.25, 0.3) is 0 Å². The van der Waals surface area contributed by atoms with Gasteiger partial charge in [0.1, 0.15) is 0 Å². The van der Waals surface area contributed by atoms with Crippen LogP contribution in [0, 0.1) is 0 Å². The van der Waals surface area contributed by atoms with Gasteiger partial charge in [0.15, 0.2) is 0 Å². The van der Waals surface area contributed by atoms with Crippen molar-refractivity contribution in [1.82, 2.24) is 4.98 Å². The zero-order valence-corrected chi connectivity index (χ0v) is 9.11. The van der Waals surface area contributed by atoms with Crippen LogP contribution in [0.25, 0.3) is 0 Å². The van der Waals surface area contributed by atoms with Crippen LogP contribution in [0.5, 0.6) is 0 Å². The summed E-state index contributed by atoms with van der Waals surface area (Å²) in [5.74, 6) is 1.29. The van der Waals surface area contributed by atoms with E-state index in [1.807, 2.05) is 23.5 Å². The van der Waals surface area contributed by atoms with Crippen molar-refractivity contribution < 1.29 is 0 Å². The molecule has 0 amide bonds. The molecule has 2 N–H and O–H groups in total. The van der Waals surface area contributed by atoms with Crippen molar-refractivity contribution in [1.29, 1.82) is 0 Å². The van der Waals surface area contributed by atoms with Gasteiger partial charge >= 0.3 is 0 Å². The molecule has 0 radical (unpaired) electrons. The van der Waals surface area contributed by atoms with Crippen LogP contribution in [0.4, 0.5) is 0 Å². The van der Waals surface area contributed by atoms with E-state index >= 15 is 0 Å². The van der Waals surface area contributed by atoms with Crippen molar-refractivity contribution in [3.63, 3.8) is 0 Å². The Kier molecular flexibility index (Phi) is 3.24. The van der Waals surface area contributed by atoms with Crippen LogP contribution in [-0.4, -0.2) is 22.0 Å². The van der Waals surface area contributed by atoms with Crippen molar-refractivity contribution in [2.24, 2.45) is 5.73 Å². The summed E-state index contributed by atoms with van der Waals surface area (Å²) in [6, 6.07) is 0.327. The molecule has 1 saturated heterocycles. The van der Waals surface area contributed by atoms with E-state index in [0.717, 1.165) is 6.42 Å². The number of nitrogens with zero attached hydrogens (tertiary/aromatic N) is 1. The summed E-state index contributed by atoms with van der Waals surface area (Å²) in [7, 11) is 0. The first-order valence-electron chi connectivity index (χ1n) is 4.61. The molecule has 2 nitrogen and oxygen atoms in total. The van der Waals surface area contributed by atoms with Crippen molar-refractivity contribution in [3.8, 4) is 0 Å². The maximum Gasteiger partial charge on any atom is 0.0794 e. The number of thioether (sulfide) groups is 1. The third-order valence-corrected chi connectivity index (χ3v) is 4.70. The molecular weight excluding hydrogens is 200 g/mol. The molecule has 2 atom stereocenters. The van der Waals surface area contributed by atoms with E-state index in [4.69, 9.17) is 5.73 Å². The molecule has 2 unspecified atom stereocenters. The normalized spacial score (nSPS) is 24.8. The van der Waals surface area contributed by atoms with Crippen LogP contribution in [0.3, 0.4) is 0 Å². The van der Waals surface area contributed by atoms with Gasteiger partial charge in [-0.1, -0.05) is 0 Å². The van der Waals surface area contributed by atoms with E-state index in [0.29, 0.717) is 11.3 Å². The maximum absolute atomic E-state index is 6.13. The van der Waals surface area contributed by atoms with Crippen LogP contribution >= 0.6 is 23.1 Å². The molecule has 1 aliphatic rings. The number of rotatable bonds is 3.